The van der Waals surface area contributed by atoms with E-state index in [1.165, 1.54) is 6.07 Å². The normalized spacial score (nSPS) is 14.5. The molecule has 1 heterocycles. The topological polar surface area (TPSA) is 24.9 Å². The van der Waals surface area contributed by atoms with E-state index in [-0.39, 0.29) is 11.5 Å². The number of rotatable bonds is 4. The second-order valence-electron chi connectivity index (χ2n) is 5.69. The first-order valence-electron chi connectivity index (χ1n) is 6.41. The number of likely N-dealkylation sites (N-methyl/N-ethyl adjacent to an activating group) is 1. The van der Waals surface area contributed by atoms with E-state index in [0.29, 0.717) is 12.1 Å². The van der Waals surface area contributed by atoms with Gasteiger partial charge in [-0.25, -0.2) is 4.98 Å². The molecular formula is C14H21F3N2. The van der Waals surface area contributed by atoms with Crippen LogP contribution in [0.4, 0.5) is 13.2 Å². The third kappa shape index (κ3) is 4.82. The molecular weight excluding hydrogens is 253 g/mol. The Kier molecular flexibility index (Phi) is 4.96. The predicted octanol–water partition coefficient (Wildman–Crippen LogP) is 3.67. The summed E-state index contributed by atoms with van der Waals surface area (Å²) in [5, 5.41) is 3.31. The van der Waals surface area contributed by atoms with Gasteiger partial charge in [0, 0.05) is 18.2 Å². The second-order valence-corrected chi connectivity index (χ2v) is 5.69. The highest BCUT2D eigenvalue weighted by molar-refractivity contribution is 5.15. The van der Waals surface area contributed by atoms with Gasteiger partial charge in [-0.1, -0.05) is 33.8 Å². The standard InChI is InChI=1S/C14H21F3N2/c1-5-18-12(13(2,3)4)9-10-7-6-8-11(19-10)14(15,16)17/h6-8,12,18H,5,9H2,1-4H3. The molecule has 0 spiro atoms. The van der Waals surface area contributed by atoms with Crippen molar-refractivity contribution in [3.63, 3.8) is 0 Å². The molecule has 0 bridgehead atoms. The van der Waals surface area contributed by atoms with Crippen LogP contribution in [0.2, 0.25) is 0 Å². The highest BCUT2D eigenvalue weighted by Crippen LogP contribution is 2.28. The maximum atomic E-state index is 12.6. The fraction of sp³-hybridized carbons (Fsp3) is 0.643. The van der Waals surface area contributed by atoms with Crippen LogP contribution in [0, 0.1) is 5.41 Å². The molecule has 0 amide bonds. The smallest absolute Gasteiger partial charge is 0.313 e. The molecule has 19 heavy (non-hydrogen) atoms. The average Bonchev–Trinajstić information content (AvgIpc) is 2.26. The zero-order valence-corrected chi connectivity index (χ0v) is 11.8. The van der Waals surface area contributed by atoms with Crippen molar-refractivity contribution in [3.05, 3.63) is 29.6 Å². The number of nitrogens with zero attached hydrogens (tertiary/aromatic N) is 1. The number of alkyl halides is 3. The largest absolute Gasteiger partial charge is 0.433 e. The van der Waals surface area contributed by atoms with E-state index in [1.54, 1.807) is 6.07 Å². The van der Waals surface area contributed by atoms with E-state index in [4.69, 9.17) is 0 Å². The quantitative estimate of drug-likeness (QED) is 0.906. The van der Waals surface area contributed by atoms with E-state index < -0.39 is 11.9 Å². The van der Waals surface area contributed by atoms with Gasteiger partial charge in [-0.2, -0.15) is 13.2 Å². The van der Waals surface area contributed by atoms with E-state index in [2.05, 4.69) is 31.1 Å². The van der Waals surface area contributed by atoms with Gasteiger partial charge in [0.1, 0.15) is 5.69 Å². The summed E-state index contributed by atoms with van der Waals surface area (Å²) in [6, 6.07) is 4.15. The van der Waals surface area contributed by atoms with Crippen LogP contribution in [-0.4, -0.2) is 17.6 Å². The van der Waals surface area contributed by atoms with Crippen LogP contribution in [0.25, 0.3) is 0 Å². The van der Waals surface area contributed by atoms with Crippen LogP contribution in [0.3, 0.4) is 0 Å². The molecule has 5 heteroatoms. The van der Waals surface area contributed by atoms with Crippen LogP contribution in [0.15, 0.2) is 18.2 Å². The Hall–Kier alpha value is -1.10. The minimum Gasteiger partial charge on any atom is -0.313 e. The lowest BCUT2D eigenvalue weighted by atomic mass is 9.84. The molecule has 0 aliphatic carbocycles. The summed E-state index contributed by atoms with van der Waals surface area (Å²) in [6.07, 6.45) is -3.90. The maximum absolute atomic E-state index is 12.6. The number of halogens is 3. The predicted molar refractivity (Wildman–Crippen MR) is 69.9 cm³/mol. The van der Waals surface area contributed by atoms with Crippen LogP contribution >= 0.6 is 0 Å². The molecule has 0 aromatic carbocycles. The first-order chi connectivity index (χ1) is 8.64. The molecule has 0 aliphatic rings. The molecule has 1 aromatic rings. The maximum Gasteiger partial charge on any atom is 0.433 e. The highest BCUT2D eigenvalue weighted by Gasteiger charge is 2.33. The van der Waals surface area contributed by atoms with Crippen molar-refractivity contribution >= 4 is 0 Å². The first kappa shape index (κ1) is 16.0. The Labute approximate surface area is 112 Å². The van der Waals surface area contributed by atoms with E-state index in [0.717, 1.165) is 12.6 Å². The summed E-state index contributed by atoms with van der Waals surface area (Å²) >= 11 is 0. The summed E-state index contributed by atoms with van der Waals surface area (Å²) in [6.45, 7) is 8.95. The SMILES string of the molecule is CCNC(Cc1cccc(C(F)(F)F)n1)C(C)(C)C. The zero-order chi connectivity index (χ0) is 14.7. The second kappa shape index (κ2) is 5.90. The van der Waals surface area contributed by atoms with Crippen LogP contribution in [0.1, 0.15) is 39.1 Å². The van der Waals surface area contributed by atoms with Gasteiger partial charge in [0.25, 0.3) is 0 Å². The number of nitrogens with one attached hydrogen (secondary N) is 1. The summed E-state index contributed by atoms with van der Waals surface area (Å²) in [5.74, 6) is 0. The summed E-state index contributed by atoms with van der Waals surface area (Å²) < 4.78 is 37.8. The van der Waals surface area contributed by atoms with Gasteiger partial charge in [0.05, 0.1) is 0 Å². The van der Waals surface area contributed by atoms with Gasteiger partial charge in [0.15, 0.2) is 0 Å². The minimum atomic E-state index is -4.38. The van der Waals surface area contributed by atoms with Crippen molar-refractivity contribution in [3.8, 4) is 0 Å². The monoisotopic (exact) mass is 274 g/mol. The molecule has 1 rings (SSSR count). The molecule has 0 aliphatic heterocycles. The van der Waals surface area contributed by atoms with E-state index >= 15 is 0 Å². The van der Waals surface area contributed by atoms with E-state index in [1.807, 2.05) is 6.92 Å². The Morgan fingerprint density at radius 2 is 1.84 bits per heavy atom. The molecule has 1 unspecified atom stereocenters. The van der Waals surface area contributed by atoms with Gasteiger partial charge in [-0.15, -0.1) is 0 Å². The first-order valence-corrected chi connectivity index (χ1v) is 6.41. The number of aromatic nitrogens is 1. The number of pyridine rings is 1. The Morgan fingerprint density at radius 3 is 2.32 bits per heavy atom. The van der Waals surface area contributed by atoms with Gasteiger partial charge >= 0.3 is 6.18 Å². The molecule has 0 saturated carbocycles. The van der Waals surface area contributed by atoms with Crippen LogP contribution in [-0.2, 0) is 12.6 Å². The number of hydrogen-bond donors (Lipinski definition) is 1. The Bertz CT molecular complexity index is 408. The van der Waals surface area contributed by atoms with Crippen molar-refractivity contribution in [2.75, 3.05) is 6.54 Å². The Balaban J connectivity index is 2.91. The minimum absolute atomic E-state index is 0.0358. The molecule has 1 aromatic heterocycles. The van der Waals surface area contributed by atoms with Gasteiger partial charge in [-0.3, -0.25) is 0 Å². The van der Waals surface area contributed by atoms with Crippen molar-refractivity contribution in [1.29, 1.82) is 0 Å². The van der Waals surface area contributed by atoms with E-state index in [9.17, 15) is 13.2 Å². The van der Waals surface area contributed by atoms with Crippen molar-refractivity contribution < 1.29 is 13.2 Å². The van der Waals surface area contributed by atoms with Crippen LogP contribution in [0.5, 0.6) is 0 Å². The van der Waals surface area contributed by atoms with Crippen molar-refractivity contribution in [1.82, 2.24) is 10.3 Å². The third-order valence-electron chi connectivity index (χ3n) is 3.01. The lowest BCUT2D eigenvalue weighted by Crippen LogP contribution is -2.42. The zero-order valence-electron chi connectivity index (χ0n) is 11.8. The van der Waals surface area contributed by atoms with Crippen LogP contribution < -0.4 is 5.32 Å². The highest BCUT2D eigenvalue weighted by atomic mass is 19.4. The summed E-state index contributed by atoms with van der Waals surface area (Å²) in [7, 11) is 0. The van der Waals surface area contributed by atoms with Gasteiger partial charge in [-0.05, 0) is 24.1 Å². The molecule has 1 atom stereocenters. The van der Waals surface area contributed by atoms with Crippen molar-refractivity contribution in [2.24, 2.45) is 5.41 Å². The molecule has 0 fully saturated rings. The molecule has 0 radical (unpaired) electrons. The Morgan fingerprint density at radius 1 is 1.21 bits per heavy atom. The summed E-state index contributed by atoms with van der Waals surface area (Å²) in [5.41, 5.74) is -0.392. The molecule has 2 nitrogen and oxygen atoms in total. The molecule has 0 saturated heterocycles. The fourth-order valence-electron chi connectivity index (χ4n) is 1.89. The third-order valence-corrected chi connectivity index (χ3v) is 3.01. The lowest BCUT2D eigenvalue weighted by molar-refractivity contribution is -0.141. The lowest BCUT2D eigenvalue weighted by Gasteiger charge is -2.31. The number of hydrogen-bond acceptors (Lipinski definition) is 2. The fourth-order valence-corrected chi connectivity index (χ4v) is 1.89. The van der Waals surface area contributed by atoms with Gasteiger partial charge in [0.2, 0.25) is 0 Å². The van der Waals surface area contributed by atoms with Crippen molar-refractivity contribution in [2.45, 2.75) is 46.3 Å². The average molecular weight is 274 g/mol. The summed E-state index contributed by atoms with van der Waals surface area (Å²) in [4.78, 5) is 3.71. The molecule has 1 N–H and O–H groups in total. The molecule has 108 valence electrons. The van der Waals surface area contributed by atoms with Gasteiger partial charge < -0.3 is 5.32 Å².